The molecule has 0 spiro atoms. The number of anilines is 1. The molecule has 2 saturated heterocycles. The van der Waals surface area contributed by atoms with Crippen molar-refractivity contribution in [1.82, 2.24) is 10.1 Å². The van der Waals surface area contributed by atoms with E-state index in [0.29, 0.717) is 23.7 Å². The Morgan fingerprint density at radius 1 is 1.18 bits per heavy atom. The van der Waals surface area contributed by atoms with Gasteiger partial charge < -0.3 is 24.8 Å². The Morgan fingerprint density at radius 2 is 1.89 bits per heavy atom. The minimum absolute atomic E-state index is 0. The van der Waals surface area contributed by atoms with Gasteiger partial charge in [-0.25, -0.2) is 0 Å². The van der Waals surface area contributed by atoms with Gasteiger partial charge >= 0.3 is 0 Å². The number of amides is 1. The van der Waals surface area contributed by atoms with Crippen molar-refractivity contribution >= 4 is 24.1 Å². The van der Waals surface area contributed by atoms with Crippen LogP contribution in [0.15, 0.2) is 28.8 Å². The van der Waals surface area contributed by atoms with Crippen molar-refractivity contribution in [2.45, 2.75) is 31.7 Å². The summed E-state index contributed by atoms with van der Waals surface area (Å²) in [5.74, 6) is 1.89. The van der Waals surface area contributed by atoms with E-state index in [0.717, 1.165) is 56.6 Å². The highest BCUT2D eigenvalue weighted by Gasteiger charge is 2.33. The number of hydrogen-bond acceptors (Lipinski definition) is 6. The van der Waals surface area contributed by atoms with Gasteiger partial charge in [0.05, 0.1) is 7.11 Å². The van der Waals surface area contributed by atoms with Crippen LogP contribution in [0.25, 0.3) is 11.3 Å². The topological polar surface area (TPSA) is 84.8 Å². The number of rotatable bonds is 4. The molecule has 4 rings (SSSR count). The lowest BCUT2D eigenvalue weighted by molar-refractivity contribution is 0.0709. The van der Waals surface area contributed by atoms with Gasteiger partial charge in [-0.1, -0.05) is 5.16 Å². The maximum absolute atomic E-state index is 13.4. The van der Waals surface area contributed by atoms with Crippen LogP contribution in [0.5, 0.6) is 5.75 Å². The minimum Gasteiger partial charge on any atom is -0.497 e. The fourth-order valence-corrected chi connectivity index (χ4v) is 3.91. The average molecular weight is 407 g/mol. The monoisotopic (exact) mass is 406 g/mol. The van der Waals surface area contributed by atoms with Crippen LogP contribution < -0.4 is 15.4 Å². The van der Waals surface area contributed by atoms with Gasteiger partial charge in [0.2, 0.25) is 0 Å². The summed E-state index contributed by atoms with van der Waals surface area (Å²) in [6.45, 7) is 3.09. The third-order valence-corrected chi connectivity index (χ3v) is 5.39. The lowest BCUT2D eigenvalue weighted by Crippen LogP contribution is -2.46. The van der Waals surface area contributed by atoms with Crippen molar-refractivity contribution in [2.24, 2.45) is 5.73 Å². The molecule has 28 heavy (non-hydrogen) atoms. The lowest BCUT2D eigenvalue weighted by Gasteiger charge is -2.31. The van der Waals surface area contributed by atoms with Crippen molar-refractivity contribution in [3.05, 3.63) is 29.8 Å². The Balaban J connectivity index is 0.00000225. The molecule has 1 atom stereocenters. The highest BCUT2D eigenvalue weighted by Crippen LogP contribution is 2.35. The van der Waals surface area contributed by atoms with Gasteiger partial charge in [-0.3, -0.25) is 4.79 Å². The zero-order valence-electron chi connectivity index (χ0n) is 16.1. The van der Waals surface area contributed by atoms with Crippen LogP contribution in [-0.4, -0.2) is 55.3 Å². The predicted octanol–water partition coefficient (Wildman–Crippen LogP) is 2.94. The molecule has 8 heteroatoms. The average Bonchev–Trinajstić information content (AvgIpc) is 3.37. The standard InChI is InChI=1S/C20H26N4O3.ClH/c1-26-16-8-6-14(7-9-16)18-17(19(22-27-18)23-10-2-3-11-23)20(25)24-12-4-5-15(21)13-24;/h6-9,15H,2-5,10-13,21H2,1H3;1H/t15-;/m0./s1. The van der Waals surface area contributed by atoms with E-state index in [1.54, 1.807) is 7.11 Å². The molecule has 3 heterocycles. The van der Waals surface area contributed by atoms with Gasteiger partial charge in [-0.15, -0.1) is 12.4 Å². The normalized spacial score (nSPS) is 19.4. The number of benzene rings is 1. The number of carbonyl (C=O) groups is 1. The van der Waals surface area contributed by atoms with Gasteiger partial charge in [0.15, 0.2) is 11.6 Å². The molecule has 0 saturated carbocycles. The van der Waals surface area contributed by atoms with Crippen LogP contribution in [0.1, 0.15) is 36.0 Å². The Morgan fingerprint density at radius 3 is 2.54 bits per heavy atom. The quantitative estimate of drug-likeness (QED) is 0.840. The van der Waals surface area contributed by atoms with E-state index in [4.69, 9.17) is 15.0 Å². The number of methoxy groups -OCH3 is 1. The third kappa shape index (κ3) is 3.95. The first-order valence-corrected chi connectivity index (χ1v) is 9.61. The van der Waals surface area contributed by atoms with Crippen LogP contribution in [0, 0.1) is 0 Å². The second-order valence-corrected chi connectivity index (χ2v) is 7.29. The van der Waals surface area contributed by atoms with Crippen LogP contribution in [0.4, 0.5) is 5.82 Å². The number of hydrogen-bond donors (Lipinski definition) is 1. The maximum atomic E-state index is 13.4. The van der Waals surface area contributed by atoms with Gasteiger partial charge in [0.1, 0.15) is 11.3 Å². The summed E-state index contributed by atoms with van der Waals surface area (Å²) >= 11 is 0. The first-order chi connectivity index (χ1) is 13.2. The van der Waals surface area contributed by atoms with E-state index in [1.807, 2.05) is 29.2 Å². The molecular formula is C20H27ClN4O3. The fourth-order valence-electron chi connectivity index (χ4n) is 3.91. The van der Waals surface area contributed by atoms with E-state index in [2.05, 4.69) is 10.1 Å². The number of nitrogens with two attached hydrogens (primary N) is 1. The number of carbonyl (C=O) groups excluding carboxylic acids is 1. The summed E-state index contributed by atoms with van der Waals surface area (Å²) in [6, 6.07) is 7.54. The van der Waals surface area contributed by atoms with E-state index in [1.165, 1.54) is 0 Å². The van der Waals surface area contributed by atoms with Gasteiger partial charge in [0, 0.05) is 37.8 Å². The number of piperidine rings is 1. The molecule has 1 amide bonds. The Bertz CT molecular complexity index is 802. The molecule has 1 aromatic carbocycles. The van der Waals surface area contributed by atoms with E-state index in [-0.39, 0.29) is 24.4 Å². The van der Waals surface area contributed by atoms with E-state index in [9.17, 15) is 4.79 Å². The molecular weight excluding hydrogens is 380 g/mol. The Labute approximate surface area is 171 Å². The smallest absolute Gasteiger partial charge is 0.261 e. The summed E-state index contributed by atoms with van der Waals surface area (Å²) in [7, 11) is 1.63. The van der Waals surface area contributed by atoms with Crippen molar-refractivity contribution in [1.29, 1.82) is 0 Å². The van der Waals surface area contributed by atoms with Gasteiger partial charge in [0.25, 0.3) is 5.91 Å². The fraction of sp³-hybridized carbons (Fsp3) is 0.500. The lowest BCUT2D eigenvalue weighted by atomic mass is 10.0. The second-order valence-electron chi connectivity index (χ2n) is 7.29. The number of ether oxygens (including phenoxy) is 1. The molecule has 0 radical (unpaired) electrons. The Hall–Kier alpha value is -2.25. The summed E-state index contributed by atoms with van der Waals surface area (Å²) in [6.07, 6.45) is 4.09. The number of nitrogens with zero attached hydrogens (tertiary/aromatic N) is 3. The summed E-state index contributed by atoms with van der Waals surface area (Å²) in [5, 5.41) is 4.29. The molecule has 0 unspecified atom stereocenters. The number of likely N-dealkylation sites (tertiary alicyclic amines) is 1. The summed E-state index contributed by atoms with van der Waals surface area (Å²) < 4.78 is 10.9. The SMILES string of the molecule is COc1ccc(-c2onc(N3CCCC3)c2C(=O)N2CCC[C@H](N)C2)cc1.Cl. The predicted molar refractivity (Wildman–Crippen MR) is 110 cm³/mol. The Kier molecular flexibility index (Phi) is 6.46. The largest absolute Gasteiger partial charge is 0.497 e. The van der Waals surface area contributed by atoms with Crippen LogP contribution in [0.3, 0.4) is 0 Å². The molecule has 1 aromatic heterocycles. The van der Waals surface area contributed by atoms with E-state index < -0.39 is 0 Å². The molecule has 7 nitrogen and oxygen atoms in total. The third-order valence-electron chi connectivity index (χ3n) is 5.39. The van der Waals surface area contributed by atoms with Gasteiger partial charge in [-0.05, 0) is 49.9 Å². The van der Waals surface area contributed by atoms with Gasteiger partial charge in [-0.2, -0.15) is 0 Å². The highest BCUT2D eigenvalue weighted by molar-refractivity contribution is 6.04. The first kappa shape index (κ1) is 20.5. The second kappa shape index (κ2) is 8.84. The molecule has 0 aliphatic carbocycles. The highest BCUT2D eigenvalue weighted by atomic mass is 35.5. The first-order valence-electron chi connectivity index (χ1n) is 9.61. The number of halogens is 1. The summed E-state index contributed by atoms with van der Waals surface area (Å²) in [4.78, 5) is 17.4. The maximum Gasteiger partial charge on any atom is 0.261 e. The number of aromatic nitrogens is 1. The van der Waals surface area contributed by atoms with Crippen molar-refractivity contribution < 1.29 is 14.1 Å². The summed E-state index contributed by atoms with van der Waals surface area (Å²) in [5.41, 5.74) is 7.47. The van der Waals surface area contributed by atoms with E-state index >= 15 is 0 Å². The molecule has 2 aliphatic heterocycles. The van der Waals surface area contributed by atoms with Crippen LogP contribution in [0.2, 0.25) is 0 Å². The van der Waals surface area contributed by atoms with Crippen molar-refractivity contribution in [3.63, 3.8) is 0 Å². The molecule has 2 aromatic rings. The molecule has 2 aliphatic rings. The minimum atomic E-state index is -0.0425. The molecule has 2 fully saturated rings. The van der Waals surface area contributed by atoms with Crippen LogP contribution in [-0.2, 0) is 0 Å². The molecule has 2 N–H and O–H groups in total. The zero-order chi connectivity index (χ0) is 18.8. The van der Waals surface area contributed by atoms with Crippen molar-refractivity contribution in [3.8, 4) is 17.1 Å². The van der Waals surface area contributed by atoms with Crippen LogP contribution >= 0.6 is 12.4 Å². The molecule has 0 bridgehead atoms. The molecule has 152 valence electrons. The zero-order valence-corrected chi connectivity index (χ0v) is 16.9. The van der Waals surface area contributed by atoms with Crippen molar-refractivity contribution in [2.75, 3.05) is 38.2 Å².